The van der Waals surface area contributed by atoms with Gasteiger partial charge in [-0.2, -0.15) is 16.8 Å². The van der Waals surface area contributed by atoms with Gasteiger partial charge in [0.2, 0.25) is 0 Å². The van der Waals surface area contributed by atoms with E-state index in [0.29, 0.717) is 30.5 Å². The normalized spacial score (nSPS) is 17.5. The second-order valence-corrected chi connectivity index (χ2v) is 11.9. The Hall–Kier alpha value is -2.44. The highest BCUT2D eigenvalue weighted by Crippen LogP contribution is 2.54. The van der Waals surface area contributed by atoms with E-state index in [2.05, 4.69) is 35.5 Å². The SMILES string of the molecule is O=S1(=O)Oc2c3cccc4c(Br)cc5c(c6cccc7c(Br)cc2c(c76)c5c43)OS(=O)(=O)O1. The molecule has 6 aromatic rings. The molecular weight excluding hydrogens is 600 g/mol. The van der Waals surface area contributed by atoms with Crippen LogP contribution in [-0.4, -0.2) is 16.8 Å². The molecule has 2 aliphatic heterocycles. The summed E-state index contributed by atoms with van der Waals surface area (Å²) in [5, 5.41) is 6.53. The maximum Gasteiger partial charge on any atom is 0.466 e. The average molecular weight is 608 g/mol. The zero-order valence-electron chi connectivity index (χ0n) is 16.0. The van der Waals surface area contributed by atoms with Gasteiger partial charge in [-0.05, 0) is 22.9 Å². The van der Waals surface area contributed by atoms with Crippen molar-refractivity contribution < 1.29 is 28.8 Å². The minimum atomic E-state index is -5.04. The molecule has 33 heavy (non-hydrogen) atoms. The second kappa shape index (κ2) is 6.16. The first kappa shape index (κ1) is 20.0. The van der Waals surface area contributed by atoms with Crippen LogP contribution in [0.2, 0.25) is 0 Å². The smallest absolute Gasteiger partial charge is 0.360 e. The molecule has 0 atom stereocenters. The molecule has 0 fully saturated rings. The third kappa shape index (κ3) is 2.56. The van der Waals surface area contributed by atoms with E-state index >= 15 is 0 Å². The van der Waals surface area contributed by atoms with E-state index in [1.54, 1.807) is 36.4 Å². The second-order valence-electron chi connectivity index (χ2n) is 7.73. The number of hydrogen-bond donors (Lipinski definition) is 0. The first-order chi connectivity index (χ1) is 15.7. The molecule has 2 aliphatic rings. The van der Waals surface area contributed by atoms with E-state index < -0.39 is 20.8 Å². The zero-order chi connectivity index (χ0) is 22.9. The Balaban J connectivity index is 1.96. The first-order valence-electron chi connectivity index (χ1n) is 9.51. The van der Waals surface area contributed by atoms with Gasteiger partial charge < -0.3 is 8.37 Å². The lowest BCUT2D eigenvalue weighted by molar-refractivity contribution is 0.354. The summed E-state index contributed by atoms with van der Waals surface area (Å²) in [5.74, 6) is -0.0461. The first-order valence-corrected chi connectivity index (χ1v) is 13.8. The Bertz CT molecular complexity index is 1900. The van der Waals surface area contributed by atoms with Gasteiger partial charge in [0.15, 0.2) is 11.5 Å². The summed E-state index contributed by atoms with van der Waals surface area (Å²) in [5.41, 5.74) is 0. The van der Waals surface area contributed by atoms with Crippen molar-refractivity contribution in [1.29, 1.82) is 0 Å². The van der Waals surface area contributed by atoms with E-state index in [1.807, 2.05) is 12.1 Å². The molecule has 8 rings (SSSR count). The lowest BCUT2D eigenvalue weighted by Crippen LogP contribution is -2.22. The molecule has 11 heteroatoms. The van der Waals surface area contributed by atoms with Crippen LogP contribution in [0.5, 0.6) is 11.5 Å². The molecule has 0 aromatic heterocycles. The molecule has 164 valence electrons. The molecule has 0 amide bonds. The van der Waals surface area contributed by atoms with Gasteiger partial charge in [0, 0.05) is 52.0 Å². The van der Waals surface area contributed by atoms with Crippen LogP contribution in [0.15, 0.2) is 57.5 Å². The van der Waals surface area contributed by atoms with Crippen LogP contribution in [-0.2, 0) is 24.4 Å². The monoisotopic (exact) mass is 606 g/mol. The van der Waals surface area contributed by atoms with Crippen molar-refractivity contribution in [2.24, 2.45) is 0 Å². The molecule has 0 unspecified atom stereocenters. The van der Waals surface area contributed by atoms with Crippen LogP contribution in [0, 0.1) is 0 Å². The van der Waals surface area contributed by atoms with E-state index in [1.165, 1.54) is 0 Å². The number of fused-ring (bicyclic) bond motifs is 4. The largest absolute Gasteiger partial charge is 0.466 e. The zero-order valence-corrected chi connectivity index (χ0v) is 20.9. The van der Waals surface area contributed by atoms with Gasteiger partial charge in [-0.15, -0.1) is 0 Å². The van der Waals surface area contributed by atoms with Gasteiger partial charge in [-0.1, -0.05) is 71.9 Å². The molecule has 0 radical (unpaired) electrons. The maximum absolute atomic E-state index is 12.7. The summed E-state index contributed by atoms with van der Waals surface area (Å²) in [7, 11) is -10.1. The number of hydrogen-bond acceptors (Lipinski definition) is 7. The van der Waals surface area contributed by atoms with E-state index in [0.717, 1.165) is 32.3 Å². The fraction of sp³-hybridized carbons (Fsp3) is 0. The van der Waals surface area contributed by atoms with Gasteiger partial charge >= 0.3 is 20.8 Å². The number of rotatable bonds is 0. The summed E-state index contributed by atoms with van der Waals surface area (Å²) >= 11 is 7.16. The third-order valence-electron chi connectivity index (χ3n) is 5.99. The highest BCUT2D eigenvalue weighted by Gasteiger charge is 2.34. The van der Waals surface area contributed by atoms with Crippen molar-refractivity contribution in [3.05, 3.63) is 57.5 Å². The standard InChI is InChI=1S/C22H8Br2O7S2/c23-15-7-14-19-17-9(15)3-1-5-11(17)21-13-8-16(24)10-4-2-6-12(18(10)20(13)19)22(14)30-33(27,28)31-32(25,26)29-21/h1-8H. The van der Waals surface area contributed by atoms with Crippen LogP contribution >= 0.6 is 31.9 Å². The van der Waals surface area contributed by atoms with Crippen molar-refractivity contribution in [2.45, 2.75) is 0 Å². The molecule has 0 spiro atoms. The number of halogens is 2. The average Bonchev–Trinajstić information content (AvgIpc) is 2.76. The Morgan fingerprint density at radius 1 is 0.545 bits per heavy atom. The van der Waals surface area contributed by atoms with Crippen LogP contribution in [0.25, 0.3) is 53.9 Å². The van der Waals surface area contributed by atoms with Crippen molar-refractivity contribution in [2.75, 3.05) is 0 Å². The van der Waals surface area contributed by atoms with E-state index in [4.69, 9.17) is 8.37 Å². The third-order valence-corrected chi connectivity index (χ3v) is 9.38. The van der Waals surface area contributed by atoms with Crippen molar-refractivity contribution >= 4 is 107 Å². The molecule has 7 nitrogen and oxygen atoms in total. The van der Waals surface area contributed by atoms with Gasteiger partial charge in [0.05, 0.1) is 0 Å². The highest BCUT2D eigenvalue weighted by molar-refractivity contribution is 9.11. The van der Waals surface area contributed by atoms with Crippen LogP contribution in [0.1, 0.15) is 0 Å². The van der Waals surface area contributed by atoms with Crippen molar-refractivity contribution in [1.82, 2.24) is 0 Å². The van der Waals surface area contributed by atoms with Crippen LogP contribution in [0.3, 0.4) is 0 Å². The molecule has 0 saturated carbocycles. The quantitative estimate of drug-likeness (QED) is 0.151. The van der Waals surface area contributed by atoms with Crippen LogP contribution < -0.4 is 8.37 Å². The van der Waals surface area contributed by atoms with Crippen molar-refractivity contribution in [3.8, 4) is 11.5 Å². The lowest BCUT2D eigenvalue weighted by Gasteiger charge is -2.21. The van der Waals surface area contributed by atoms with Gasteiger partial charge in [-0.25, -0.2) is 0 Å². The van der Waals surface area contributed by atoms with Gasteiger partial charge in [0.1, 0.15) is 0 Å². The summed E-state index contributed by atoms with van der Waals surface area (Å²) in [6, 6.07) is 14.4. The summed E-state index contributed by atoms with van der Waals surface area (Å²) in [4.78, 5) is 0. The van der Waals surface area contributed by atoms with Crippen LogP contribution in [0.4, 0.5) is 0 Å². The topological polar surface area (TPSA) is 96.0 Å². The maximum atomic E-state index is 12.7. The Morgan fingerprint density at radius 2 is 0.939 bits per heavy atom. The minimum Gasteiger partial charge on any atom is -0.360 e. The summed E-state index contributed by atoms with van der Waals surface area (Å²) in [6.45, 7) is 0. The summed E-state index contributed by atoms with van der Waals surface area (Å²) < 4.78 is 67.3. The Kier molecular flexibility index (Phi) is 3.73. The summed E-state index contributed by atoms with van der Waals surface area (Å²) in [6.07, 6.45) is 0. The lowest BCUT2D eigenvalue weighted by atomic mass is 9.86. The van der Waals surface area contributed by atoms with Gasteiger partial charge in [0.25, 0.3) is 0 Å². The molecule has 0 N–H and O–H groups in total. The molecule has 0 saturated heterocycles. The molecule has 2 heterocycles. The van der Waals surface area contributed by atoms with E-state index in [9.17, 15) is 16.8 Å². The predicted molar refractivity (Wildman–Crippen MR) is 132 cm³/mol. The highest BCUT2D eigenvalue weighted by atomic mass is 79.9. The Labute approximate surface area is 203 Å². The predicted octanol–water partition coefficient (Wildman–Crippen LogP) is 6.13. The van der Waals surface area contributed by atoms with E-state index in [-0.39, 0.29) is 11.5 Å². The molecule has 6 aromatic carbocycles. The van der Waals surface area contributed by atoms with Crippen molar-refractivity contribution in [3.63, 3.8) is 0 Å². The Morgan fingerprint density at radius 3 is 1.36 bits per heavy atom. The minimum absolute atomic E-state index is 0.0231. The fourth-order valence-corrected chi connectivity index (χ4v) is 7.85. The van der Waals surface area contributed by atoms with Gasteiger partial charge in [-0.3, -0.25) is 0 Å². The fourth-order valence-electron chi connectivity index (χ4n) is 4.92. The molecular formula is C22H8Br2O7S2. The molecule has 0 aliphatic carbocycles. The number of benzene rings is 6. The molecule has 8 bridgehead atoms.